The Bertz CT molecular complexity index is 854. The molecular weight excluding hydrogens is 332 g/mol. The van der Waals surface area contributed by atoms with Crippen LogP contribution in [-0.2, 0) is 9.53 Å². The van der Waals surface area contributed by atoms with Gasteiger partial charge in [-0.25, -0.2) is 0 Å². The highest BCUT2D eigenvalue weighted by atomic mass is 16.5. The number of hydrogen-bond acceptors (Lipinski definition) is 4. The fourth-order valence-electron chi connectivity index (χ4n) is 3.68. The molecule has 2 heterocycles. The molecule has 0 bridgehead atoms. The summed E-state index contributed by atoms with van der Waals surface area (Å²) in [6, 6.07) is 9.49. The number of rotatable bonds is 5. The highest BCUT2D eigenvalue weighted by Crippen LogP contribution is 2.40. The summed E-state index contributed by atoms with van der Waals surface area (Å²) in [7, 11) is 0. The number of aliphatic carboxylic acids is 1. The minimum absolute atomic E-state index is 0.0966. The third kappa shape index (κ3) is 3.42. The number of carbonyl (C=O) groups is 2. The Balaban J connectivity index is 1.69. The number of ether oxygens (including phenoxy) is 1. The molecule has 4 rings (SSSR count). The molecule has 1 saturated carbocycles. The van der Waals surface area contributed by atoms with Crippen molar-refractivity contribution in [3.63, 3.8) is 0 Å². The lowest BCUT2D eigenvalue weighted by Crippen LogP contribution is -2.53. The lowest BCUT2D eigenvalue weighted by atomic mass is 9.86. The Morgan fingerprint density at radius 2 is 1.96 bits per heavy atom. The second-order valence-corrected chi connectivity index (χ2v) is 7.30. The van der Waals surface area contributed by atoms with E-state index in [1.54, 1.807) is 0 Å². The first-order chi connectivity index (χ1) is 12.6. The number of carboxylic acid groups (broad SMARTS) is 1. The number of nitrogens with zero attached hydrogens (tertiary/aromatic N) is 1. The van der Waals surface area contributed by atoms with E-state index in [9.17, 15) is 14.7 Å². The first-order valence-electron chi connectivity index (χ1n) is 9.08. The number of hydrogen-bond donors (Lipinski definition) is 2. The van der Waals surface area contributed by atoms with E-state index in [1.807, 2.05) is 30.3 Å². The second-order valence-electron chi connectivity index (χ2n) is 7.30. The predicted molar refractivity (Wildman–Crippen MR) is 96.2 cm³/mol. The van der Waals surface area contributed by atoms with Crippen LogP contribution in [0.2, 0.25) is 0 Å². The topological polar surface area (TPSA) is 88.5 Å². The van der Waals surface area contributed by atoms with Gasteiger partial charge in [-0.3, -0.25) is 14.6 Å². The van der Waals surface area contributed by atoms with Crippen LogP contribution in [0.1, 0.15) is 54.1 Å². The van der Waals surface area contributed by atoms with E-state index in [0.717, 1.165) is 29.4 Å². The van der Waals surface area contributed by atoms with Gasteiger partial charge >= 0.3 is 5.97 Å². The van der Waals surface area contributed by atoms with Crippen molar-refractivity contribution in [1.29, 1.82) is 0 Å². The second kappa shape index (κ2) is 6.68. The fourth-order valence-corrected chi connectivity index (χ4v) is 3.68. The lowest BCUT2D eigenvalue weighted by molar-refractivity contribution is -0.139. The summed E-state index contributed by atoms with van der Waals surface area (Å²) in [5.74, 6) is -0.707. The number of aromatic nitrogens is 1. The standard InChI is InChI=1S/C20H22N2O4/c23-18(24)12-20(7-9-26-10-8-20)22-19(25)15-11-17(13-5-6-13)21-16-4-2-1-3-14(15)16/h1-4,11,13H,5-10,12H2,(H,22,25)(H,23,24). The van der Waals surface area contributed by atoms with Crippen molar-refractivity contribution in [1.82, 2.24) is 10.3 Å². The number of pyridine rings is 1. The molecule has 0 atom stereocenters. The van der Waals surface area contributed by atoms with E-state index in [2.05, 4.69) is 5.32 Å². The van der Waals surface area contributed by atoms with E-state index in [4.69, 9.17) is 9.72 Å². The highest BCUT2D eigenvalue weighted by Gasteiger charge is 2.37. The van der Waals surface area contributed by atoms with Crippen molar-refractivity contribution < 1.29 is 19.4 Å². The van der Waals surface area contributed by atoms with Gasteiger partial charge in [0.25, 0.3) is 5.91 Å². The zero-order chi connectivity index (χ0) is 18.1. The van der Waals surface area contributed by atoms with Crippen LogP contribution >= 0.6 is 0 Å². The van der Waals surface area contributed by atoms with Gasteiger partial charge in [0.15, 0.2) is 0 Å². The molecule has 0 unspecified atom stereocenters. The molecule has 136 valence electrons. The zero-order valence-electron chi connectivity index (χ0n) is 14.5. The van der Waals surface area contributed by atoms with Crippen LogP contribution in [0.25, 0.3) is 10.9 Å². The molecule has 1 aromatic heterocycles. The molecule has 1 saturated heterocycles. The number of fused-ring (bicyclic) bond motifs is 1. The summed E-state index contributed by atoms with van der Waals surface area (Å²) in [5.41, 5.74) is 1.58. The molecule has 1 aliphatic heterocycles. The molecule has 2 fully saturated rings. The van der Waals surface area contributed by atoms with Gasteiger partial charge in [0.1, 0.15) is 0 Å². The molecule has 6 heteroatoms. The van der Waals surface area contributed by atoms with Gasteiger partial charge in [-0.15, -0.1) is 0 Å². The largest absolute Gasteiger partial charge is 0.481 e. The Labute approximate surface area is 151 Å². The number of carbonyl (C=O) groups excluding carboxylic acids is 1. The van der Waals surface area contributed by atoms with Gasteiger partial charge in [-0.1, -0.05) is 18.2 Å². The van der Waals surface area contributed by atoms with Crippen molar-refractivity contribution >= 4 is 22.8 Å². The maximum Gasteiger partial charge on any atom is 0.305 e. The molecule has 1 amide bonds. The summed E-state index contributed by atoms with van der Waals surface area (Å²) >= 11 is 0. The van der Waals surface area contributed by atoms with Gasteiger partial charge < -0.3 is 15.2 Å². The van der Waals surface area contributed by atoms with Crippen molar-refractivity contribution in [2.24, 2.45) is 0 Å². The lowest BCUT2D eigenvalue weighted by Gasteiger charge is -2.37. The quantitative estimate of drug-likeness (QED) is 0.862. The molecule has 2 N–H and O–H groups in total. The van der Waals surface area contributed by atoms with Crippen molar-refractivity contribution in [2.75, 3.05) is 13.2 Å². The van der Waals surface area contributed by atoms with Crippen molar-refractivity contribution in [2.45, 2.75) is 43.6 Å². The minimum Gasteiger partial charge on any atom is -0.481 e. The highest BCUT2D eigenvalue weighted by molar-refractivity contribution is 6.06. The Morgan fingerprint density at radius 3 is 2.65 bits per heavy atom. The first kappa shape index (κ1) is 17.0. The first-order valence-corrected chi connectivity index (χ1v) is 9.08. The summed E-state index contributed by atoms with van der Waals surface area (Å²) in [6.07, 6.45) is 3.12. The van der Waals surface area contributed by atoms with E-state index in [-0.39, 0.29) is 12.3 Å². The molecular formula is C20H22N2O4. The van der Waals surface area contributed by atoms with Gasteiger partial charge in [-0.05, 0) is 37.8 Å². The van der Waals surface area contributed by atoms with Crippen LogP contribution in [0.15, 0.2) is 30.3 Å². The van der Waals surface area contributed by atoms with Crippen LogP contribution in [0, 0.1) is 0 Å². The Kier molecular flexibility index (Phi) is 4.36. The van der Waals surface area contributed by atoms with E-state index >= 15 is 0 Å². The molecule has 0 radical (unpaired) electrons. The summed E-state index contributed by atoms with van der Waals surface area (Å²) in [5, 5.41) is 13.1. The number of benzene rings is 1. The molecule has 1 aliphatic carbocycles. The van der Waals surface area contributed by atoms with Crippen LogP contribution < -0.4 is 5.32 Å². The predicted octanol–water partition coefficient (Wildman–Crippen LogP) is 2.87. The molecule has 2 aromatic rings. The van der Waals surface area contributed by atoms with Gasteiger partial charge in [0.2, 0.25) is 0 Å². The number of para-hydroxylation sites is 1. The summed E-state index contributed by atoms with van der Waals surface area (Å²) < 4.78 is 5.37. The summed E-state index contributed by atoms with van der Waals surface area (Å²) in [4.78, 5) is 29.2. The average Bonchev–Trinajstić information content (AvgIpc) is 3.46. The average molecular weight is 354 g/mol. The molecule has 6 nitrogen and oxygen atoms in total. The minimum atomic E-state index is -0.912. The third-order valence-electron chi connectivity index (χ3n) is 5.29. The van der Waals surface area contributed by atoms with Gasteiger partial charge in [0, 0.05) is 30.2 Å². The fraction of sp³-hybridized carbons (Fsp3) is 0.450. The van der Waals surface area contributed by atoms with E-state index < -0.39 is 11.5 Å². The maximum absolute atomic E-state index is 13.1. The zero-order valence-corrected chi connectivity index (χ0v) is 14.5. The van der Waals surface area contributed by atoms with E-state index in [1.165, 1.54) is 0 Å². The van der Waals surface area contributed by atoms with Crippen molar-refractivity contribution in [3.8, 4) is 0 Å². The van der Waals surface area contributed by atoms with Crippen LogP contribution in [0.3, 0.4) is 0 Å². The van der Waals surface area contributed by atoms with E-state index in [0.29, 0.717) is 37.5 Å². The normalized spacial score (nSPS) is 19.2. The van der Waals surface area contributed by atoms with Crippen molar-refractivity contribution in [3.05, 3.63) is 41.6 Å². The number of carboxylic acids is 1. The maximum atomic E-state index is 13.1. The molecule has 26 heavy (non-hydrogen) atoms. The van der Waals surface area contributed by atoms with Crippen LogP contribution in [-0.4, -0.2) is 40.7 Å². The SMILES string of the molecule is O=C(O)CC1(NC(=O)c2cc(C3CC3)nc3ccccc23)CCOCC1. The Morgan fingerprint density at radius 1 is 1.23 bits per heavy atom. The van der Waals surface area contributed by atoms with Gasteiger partial charge in [-0.2, -0.15) is 0 Å². The smallest absolute Gasteiger partial charge is 0.305 e. The van der Waals surface area contributed by atoms with Crippen LogP contribution in [0.4, 0.5) is 0 Å². The molecule has 2 aliphatic rings. The van der Waals surface area contributed by atoms with Crippen LogP contribution in [0.5, 0.6) is 0 Å². The van der Waals surface area contributed by atoms with Gasteiger partial charge in [0.05, 0.1) is 23.0 Å². The monoisotopic (exact) mass is 354 g/mol. The Hall–Kier alpha value is -2.47. The molecule has 1 aromatic carbocycles. The molecule has 0 spiro atoms. The number of amides is 1. The summed E-state index contributed by atoms with van der Waals surface area (Å²) in [6.45, 7) is 0.913. The number of nitrogens with one attached hydrogen (secondary N) is 1. The third-order valence-corrected chi connectivity index (χ3v) is 5.29.